The third kappa shape index (κ3) is 2.49. The van der Waals surface area contributed by atoms with Crippen molar-refractivity contribution in [3.05, 3.63) is 42.1 Å². The number of methoxy groups -OCH3 is 1. The summed E-state index contributed by atoms with van der Waals surface area (Å²) in [5.41, 5.74) is 6.54. The van der Waals surface area contributed by atoms with Gasteiger partial charge in [0.1, 0.15) is 11.6 Å². The first-order valence-corrected chi connectivity index (χ1v) is 5.90. The molecule has 0 saturated heterocycles. The minimum absolute atomic E-state index is 0.0248. The second kappa shape index (κ2) is 5.48. The summed E-state index contributed by atoms with van der Waals surface area (Å²) in [7, 11) is 3.35. The Labute approximate surface area is 116 Å². The fourth-order valence-corrected chi connectivity index (χ4v) is 1.85. The van der Waals surface area contributed by atoms with Gasteiger partial charge in [-0.15, -0.1) is 0 Å². The topological polar surface area (TPSA) is 88.7 Å². The van der Waals surface area contributed by atoms with Crippen molar-refractivity contribution in [3.63, 3.8) is 0 Å². The van der Waals surface area contributed by atoms with E-state index in [1.54, 1.807) is 19.1 Å². The van der Waals surface area contributed by atoms with Crippen molar-refractivity contribution < 1.29 is 14.6 Å². The van der Waals surface area contributed by atoms with Gasteiger partial charge in [0.15, 0.2) is 0 Å². The number of benzene rings is 1. The van der Waals surface area contributed by atoms with Crippen LogP contribution in [0.2, 0.25) is 0 Å². The molecule has 1 heterocycles. The molecule has 0 aliphatic heterocycles. The lowest BCUT2D eigenvalue weighted by molar-refractivity contribution is 0.0698. The first kappa shape index (κ1) is 13.7. The highest BCUT2D eigenvalue weighted by molar-refractivity contribution is 5.94. The minimum Gasteiger partial charge on any atom is -0.495 e. The van der Waals surface area contributed by atoms with Crippen LogP contribution in [-0.4, -0.2) is 30.2 Å². The zero-order valence-electron chi connectivity index (χ0n) is 11.2. The highest BCUT2D eigenvalue weighted by Crippen LogP contribution is 2.31. The van der Waals surface area contributed by atoms with Crippen LogP contribution in [0.1, 0.15) is 10.4 Å². The molecule has 104 valence electrons. The molecule has 2 aromatic rings. The molecule has 20 heavy (non-hydrogen) atoms. The second-order valence-electron chi connectivity index (χ2n) is 4.17. The summed E-state index contributed by atoms with van der Waals surface area (Å²) in [5, 5.41) is 9.09. The molecule has 0 fully saturated rings. The van der Waals surface area contributed by atoms with E-state index in [0.29, 0.717) is 11.6 Å². The van der Waals surface area contributed by atoms with Crippen LogP contribution in [-0.2, 0) is 0 Å². The lowest BCUT2D eigenvalue weighted by Gasteiger charge is -2.21. The van der Waals surface area contributed by atoms with Crippen molar-refractivity contribution in [1.29, 1.82) is 0 Å². The fraction of sp³-hybridized carbons (Fsp3) is 0.143. The van der Waals surface area contributed by atoms with E-state index >= 15 is 0 Å². The van der Waals surface area contributed by atoms with Gasteiger partial charge in [-0.1, -0.05) is 12.1 Å². The Balaban J connectivity index is 2.45. The Hall–Kier alpha value is -2.76. The van der Waals surface area contributed by atoms with Gasteiger partial charge < -0.3 is 20.5 Å². The predicted molar refractivity (Wildman–Crippen MR) is 76.7 cm³/mol. The summed E-state index contributed by atoms with van der Waals surface area (Å²) in [6.07, 6.45) is 1.34. The van der Waals surface area contributed by atoms with E-state index < -0.39 is 5.97 Å². The van der Waals surface area contributed by atoms with Crippen LogP contribution >= 0.6 is 0 Å². The van der Waals surface area contributed by atoms with E-state index in [4.69, 9.17) is 15.6 Å². The van der Waals surface area contributed by atoms with Crippen LogP contribution < -0.4 is 15.4 Å². The van der Waals surface area contributed by atoms with Gasteiger partial charge in [-0.3, -0.25) is 0 Å². The smallest absolute Gasteiger partial charge is 0.337 e. The lowest BCUT2D eigenvalue weighted by atomic mass is 10.2. The van der Waals surface area contributed by atoms with Crippen molar-refractivity contribution in [1.82, 2.24) is 4.98 Å². The quantitative estimate of drug-likeness (QED) is 0.887. The van der Waals surface area contributed by atoms with E-state index in [2.05, 4.69) is 4.98 Å². The molecule has 0 aliphatic rings. The van der Waals surface area contributed by atoms with Gasteiger partial charge in [0.05, 0.1) is 30.2 Å². The molecule has 1 aromatic heterocycles. The maximum atomic E-state index is 11.1. The van der Waals surface area contributed by atoms with Gasteiger partial charge in [0.25, 0.3) is 0 Å². The van der Waals surface area contributed by atoms with Gasteiger partial charge >= 0.3 is 5.97 Å². The molecular weight excluding hydrogens is 258 g/mol. The summed E-state index contributed by atoms with van der Waals surface area (Å²) >= 11 is 0. The number of nitrogens with two attached hydrogens (primary N) is 1. The summed E-state index contributed by atoms with van der Waals surface area (Å²) in [6, 6.07) is 8.84. The Bertz CT molecular complexity index is 643. The molecule has 0 unspecified atom stereocenters. The summed E-state index contributed by atoms with van der Waals surface area (Å²) in [6.45, 7) is 0. The van der Waals surface area contributed by atoms with Gasteiger partial charge in [-0.25, -0.2) is 9.78 Å². The first-order valence-electron chi connectivity index (χ1n) is 5.90. The monoisotopic (exact) mass is 273 g/mol. The first-order chi connectivity index (χ1) is 9.54. The van der Waals surface area contributed by atoms with Gasteiger partial charge in [-0.05, 0) is 18.2 Å². The van der Waals surface area contributed by atoms with E-state index in [1.807, 2.05) is 24.3 Å². The summed E-state index contributed by atoms with van der Waals surface area (Å²) in [4.78, 5) is 17.0. The third-order valence-corrected chi connectivity index (χ3v) is 2.94. The number of aromatic nitrogens is 1. The molecule has 0 atom stereocenters. The standard InChI is InChI=1S/C14H15N3O3/c1-17(11-5-3-4-6-12(11)20-2)13-7-9(14(18)19)10(15)8-16-13/h3-8H,15H2,1-2H3,(H,18,19). The number of carboxylic acids is 1. The van der Waals surface area contributed by atoms with Crippen molar-refractivity contribution in [3.8, 4) is 5.75 Å². The van der Waals surface area contributed by atoms with Crippen molar-refractivity contribution in [2.75, 3.05) is 24.8 Å². The number of aromatic carboxylic acids is 1. The Morgan fingerprint density at radius 1 is 1.40 bits per heavy atom. The maximum Gasteiger partial charge on any atom is 0.337 e. The Morgan fingerprint density at radius 3 is 2.75 bits per heavy atom. The van der Waals surface area contributed by atoms with Crippen LogP contribution in [0.4, 0.5) is 17.2 Å². The van der Waals surface area contributed by atoms with Gasteiger partial charge in [0, 0.05) is 7.05 Å². The van der Waals surface area contributed by atoms with E-state index in [-0.39, 0.29) is 11.3 Å². The zero-order chi connectivity index (χ0) is 14.7. The number of rotatable bonds is 4. The van der Waals surface area contributed by atoms with Crippen LogP contribution in [0.5, 0.6) is 5.75 Å². The molecule has 1 aromatic carbocycles. The molecular formula is C14H15N3O3. The molecule has 0 amide bonds. The molecule has 0 aliphatic carbocycles. The molecule has 2 rings (SSSR count). The van der Waals surface area contributed by atoms with E-state index in [1.165, 1.54) is 12.3 Å². The van der Waals surface area contributed by atoms with Crippen molar-refractivity contribution >= 4 is 23.2 Å². The number of ether oxygens (including phenoxy) is 1. The number of para-hydroxylation sites is 2. The number of pyridine rings is 1. The molecule has 3 N–H and O–H groups in total. The van der Waals surface area contributed by atoms with Crippen LogP contribution in [0.3, 0.4) is 0 Å². The number of hydrogen-bond donors (Lipinski definition) is 2. The molecule has 0 saturated carbocycles. The normalized spacial score (nSPS) is 10.1. The molecule has 0 bridgehead atoms. The SMILES string of the molecule is COc1ccccc1N(C)c1cc(C(=O)O)c(N)cn1. The van der Waals surface area contributed by atoms with Gasteiger partial charge in [0.2, 0.25) is 0 Å². The molecule has 0 spiro atoms. The molecule has 0 radical (unpaired) electrons. The van der Waals surface area contributed by atoms with Crippen LogP contribution in [0.25, 0.3) is 0 Å². The summed E-state index contributed by atoms with van der Waals surface area (Å²) < 4.78 is 5.28. The number of nitrogen functional groups attached to an aromatic ring is 1. The number of anilines is 3. The maximum absolute atomic E-state index is 11.1. The van der Waals surface area contributed by atoms with Gasteiger partial charge in [-0.2, -0.15) is 0 Å². The zero-order valence-corrected chi connectivity index (χ0v) is 11.2. The highest BCUT2D eigenvalue weighted by atomic mass is 16.5. The minimum atomic E-state index is -1.08. The van der Waals surface area contributed by atoms with E-state index in [0.717, 1.165) is 5.69 Å². The average molecular weight is 273 g/mol. The van der Waals surface area contributed by atoms with Crippen molar-refractivity contribution in [2.45, 2.75) is 0 Å². The summed E-state index contributed by atoms with van der Waals surface area (Å²) in [5.74, 6) is 0.0613. The largest absolute Gasteiger partial charge is 0.495 e. The lowest BCUT2D eigenvalue weighted by Crippen LogP contribution is -2.14. The number of carbonyl (C=O) groups is 1. The highest BCUT2D eigenvalue weighted by Gasteiger charge is 2.15. The second-order valence-corrected chi connectivity index (χ2v) is 4.17. The van der Waals surface area contributed by atoms with E-state index in [9.17, 15) is 4.79 Å². The molecule has 6 heteroatoms. The molecule has 6 nitrogen and oxygen atoms in total. The Morgan fingerprint density at radius 2 is 2.10 bits per heavy atom. The van der Waals surface area contributed by atoms with Crippen LogP contribution in [0, 0.1) is 0 Å². The number of carboxylic acid groups (broad SMARTS) is 1. The predicted octanol–water partition coefficient (Wildman–Crippen LogP) is 2.14. The number of hydrogen-bond acceptors (Lipinski definition) is 5. The number of nitrogens with zero attached hydrogens (tertiary/aromatic N) is 2. The average Bonchev–Trinajstić information content (AvgIpc) is 2.46. The van der Waals surface area contributed by atoms with Crippen LogP contribution in [0.15, 0.2) is 36.5 Å². The Kier molecular flexibility index (Phi) is 3.74. The van der Waals surface area contributed by atoms with Crippen molar-refractivity contribution in [2.24, 2.45) is 0 Å². The third-order valence-electron chi connectivity index (χ3n) is 2.94. The fourth-order valence-electron chi connectivity index (χ4n) is 1.85.